The molecule has 0 bridgehead atoms. The number of rotatable bonds is 3. The second kappa shape index (κ2) is 4.98. The smallest absolute Gasteiger partial charge is 0.325 e. The van der Waals surface area contributed by atoms with Gasteiger partial charge in [-0.05, 0) is 31.4 Å². The number of carbonyl (C=O) groups excluding carboxylic acids is 1. The number of ether oxygens (including phenoxy) is 2. The maximum Gasteiger partial charge on any atom is 0.325 e. The summed E-state index contributed by atoms with van der Waals surface area (Å²) < 4.78 is 10.6. The Morgan fingerprint density at radius 3 is 2.83 bits per heavy atom. The molecular formula is C14H19NO3. The van der Waals surface area contributed by atoms with E-state index in [0.717, 1.165) is 17.7 Å². The van der Waals surface area contributed by atoms with Crippen molar-refractivity contribution in [3.05, 3.63) is 29.8 Å². The second-order valence-electron chi connectivity index (χ2n) is 4.90. The monoisotopic (exact) mass is 249 g/mol. The van der Waals surface area contributed by atoms with Gasteiger partial charge in [-0.2, -0.15) is 0 Å². The quantitative estimate of drug-likeness (QED) is 0.830. The van der Waals surface area contributed by atoms with Gasteiger partial charge in [0.05, 0.1) is 7.11 Å². The maximum atomic E-state index is 11.6. The fourth-order valence-electron chi connectivity index (χ4n) is 2.39. The van der Waals surface area contributed by atoms with Gasteiger partial charge in [0.1, 0.15) is 17.4 Å². The van der Waals surface area contributed by atoms with Gasteiger partial charge in [0, 0.05) is 6.42 Å². The molecule has 0 aromatic heterocycles. The second-order valence-corrected chi connectivity index (χ2v) is 4.90. The molecule has 1 aromatic rings. The molecule has 0 aliphatic heterocycles. The molecule has 0 amide bonds. The number of benzene rings is 1. The molecule has 1 aliphatic carbocycles. The Morgan fingerprint density at radius 2 is 2.17 bits per heavy atom. The summed E-state index contributed by atoms with van der Waals surface area (Å²) in [5.74, 6) is 0.509. The lowest BCUT2D eigenvalue weighted by Crippen LogP contribution is -2.47. The summed E-state index contributed by atoms with van der Waals surface area (Å²) in [6.07, 6.45) is 1.87. The van der Waals surface area contributed by atoms with Crippen molar-refractivity contribution in [2.75, 3.05) is 7.11 Å². The third-order valence-electron chi connectivity index (χ3n) is 3.48. The van der Waals surface area contributed by atoms with E-state index in [1.54, 1.807) is 0 Å². The minimum atomic E-state index is -0.887. The molecule has 1 saturated carbocycles. The summed E-state index contributed by atoms with van der Waals surface area (Å²) in [7, 11) is 1.37. The van der Waals surface area contributed by atoms with Gasteiger partial charge in [0.15, 0.2) is 0 Å². The van der Waals surface area contributed by atoms with Gasteiger partial charge in [-0.3, -0.25) is 4.79 Å². The zero-order valence-electron chi connectivity index (χ0n) is 10.8. The van der Waals surface area contributed by atoms with Gasteiger partial charge < -0.3 is 15.2 Å². The van der Waals surface area contributed by atoms with Crippen LogP contribution in [0.2, 0.25) is 0 Å². The summed E-state index contributed by atoms with van der Waals surface area (Å²) in [6, 6.07) is 7.84. The summed E-state index contributed by atoms with van der Waals surface area (Å²) in [4.78, 5) is 11.6. The summed E-state index contributed by atoms with van der Waals surface area (Å²) in [6.45, 7) is 2.00. The Kier molecular flexibility index (Phi) is 3.57. The van der Waals surface area contributed by atoms with Crippen LogP contribution in [0, 0.1) is 6.92 Å². The molecule has 0 heterocycles. The van der Waals surface area contributed by atoms with Crippen LogP contribution in [-0.4, -0.2) is 24.7 Å². The van der Waals surface area contributed by atoms with Crippen LogP contribution in [0.25, 0.3) is 0 Å². The van der Waals surface area contributed by atoms with Crippen molar-refractivity contribution in [1.29, 1.82) is 0 Å². The van der Waals surface area contributed by atoms with E-state index < -0.39 is 5.54 Å². The summed E-state index contributed by atoms with van der Waals surface area (Å²) >= 11 is 0. The van der Waals surface area contributed by atoms with Crippen molar-refractivity contribution < 1.29 is 14.3 Å². The fraction of sp³-hybridized carbons (Fsp3) is 0.500. The standard InChI is InChI=1S/C14H19NO3/c1-10-5-3-4-6-12(10)18-11-7-8-14(15,9-11)13(16)17-2/h3-6,11H,7-9,15H2,1-2H3. The maximum absolute atomic E-state index is 11.6. The zero-order valence-corrected chi connectivity index (χ0v) is 10.8. The van der Waals surface area contributed by atoms with Crippen molar-refractivity contribution in [2.24, 2.45) is 5.73 Å². The van der Waals surface area contributed by atoms with Gasteiger partial charge in [0.2, 0.25) is 0 Å². The lowest BCUT2D eigenvalue weighted by molar-refractivity contribution is -0.147. The summed E-state index contributed by atoms with van der Waals surface area (Å²) in [5.41, 5.74) is 6.24. The van der Waals surface area contributed by atoms with E-state index in [-0.39, 0.29) is 12.1 Å². The molecule has 2 unspecified atom stereocenters. The molecule has 4 nitrogen and oxygen atoms in total. The minimum Gasteiger partial charge on any atom is -0.490 e. The SMILES string of the molecule is COC(=O)C1(N)CCC(Oc2ccccc2C)C1. The Labute approximate surface area is 107 Å². The molecule has 2 atom stereocenters. The van der Waals surface area contributed by atoms with E-state index in [1.165, 1.54) is 7.11 Å². The van der Waals surface area contributed by atoms with Crippen molar-refractivity contribution in [3.8, 4) is 5.75 Å². The first-order valence-electron chi connectivity index (χ1n) is 6.15. The highest BCUT2D eigenvalue weighted by Crippen LogP contribution is 2.32. The molecule has 0 saturated heterocycles. The largest absolute Gasteiger partial charge is 0.490 e. The molecule has 4 heteroatoms. The van der Waals surface area contributed by atoms with Crippen LogP contribution in [0.1, 0.15) is 24.8 Å². The number of nitrogens with two attached hydrogens (primary N) is 1. The van der Waals surface area contributed by atoms with E-state index in [9.17, 15) is 4.79 Å². The van der Waals surface area contributed by atoms with Crippen molar-refractivity contribution >= 4 is 5.97 Å². The first-order valence-corrected chi connectivity index (χ1v) is 6.15. The van der Waals surface area contributed by atoms with E-state index in [1.807, 2.05) is 31.2 Å². The Hall–Kier alpha value is -1.55. The third kappa shape index (κ3) is 2.48. The van der Waals surface area contributed by atoms with Crippen LogP contribution in [-0.2, 0) is 9.53 Å². The average molecular weight is 249 g/mol. The number of carbonyl (C=O) groups is 1. The Balaban J connectivity index is 2.02. The highest BCUT2D eigenvalue weighted by atomic mass is 16.5. The van der Waals surface area contributed by atoms with Crippen molar-refractivity contribution in [2.45, 2.75) is 37.8 Å². The van der Waals surface area contributed by atoms with E-state index in [2.05, 4.69) is 0 Å². The average Bonchev–Trinajstić information content (AvgIpc) is 2.74. The number of methoxy groups -OCH3 is 1. The number of esters is 1. The van der Waals surface area contributed by atoms with Crippen LogP contribution in [0.15, 0.2) is 24.3 Å². The predicted molar refractivity (Wildman–Crippen MR) is 68.4 cm³/mol. The van der Waals surface area contributed by atoms with Crippen LogP contribution in [0.4, 0.5) is 0 Å². The lowest BCUT2D eigenvalue weighted by Gasteiger charge is -2.21. The van der Waals surface area contributed by atoms with Crippen molar-refractivity contribution in [1.82, 2.24) is 0 Å². The number of hydrogen-bond donors (Lipinski definition) is 1. The minimum absolute atomic E-state index is 0.0183. The third-order valence-corrected chi connectivity index (χ3v) is 3.48. The first kappa shape index (κ1) is 12.9. The van der Waals surface area contributed by atoms with Crippen LogP contribution in [0.3, 0.4) is 0 Å². The summed E-state index contributed by atoms with van der Waals surface area (Å²) in [5, 5.41) is 0. The van der Waals surface area contributed by atoms with Gasteiger partial charge in [-0.1, -0.05) is 18.2 Å². The number of para-hydroxylation sites is 1. The highest BCUT2D eigenvalue weighted by molar-refractivity contribution is 5.80. The zero-order chi connectivity index (χ0) is 13.2. The molecule has 0 radical (unpaired) electrons. The number of aryl methyl sites for hydroxylation is 1. The van der Waals surface area contributed by atoms with Crippen molar-refractivity contribution in [3.63, 3.8) is 0 Å². The van der Waals surface area contributed by atoms with E-state index in [0.29, 0.717) is 12.8 Å². The molecule has 1 aromatic carbocycles. The number of hydrogen-bond acceptors (Lipinski definition) is 4. The molecular weight excluding hydrogens is 230 g/mol. The van der Waals surface area contributed by atoms with Crippen LogP contribution in [0.5, 0.6) is 5.75 Å². The Bertz CT molecular complexity index is 446. The molecule has 2 rings (SSSR count). The van der Waals surface area contributed by atoms with Gasteiger partial charge >= 0.3 is 5.97 Å². The topological polar surface area (TPSA) is 61.5 Å². The molecule has 2 N–H and O–H groups in total. The van der Waals surface area contributed by atoms with E-state index in [4.69, 9.17) is 15.2 Å². The lowest BCUT2D eigenvalue weighted by atomic mass is 10.00. The highest BCUT2D eigenvalue weighted by Gasteiger charge is 2.44. The molecule has 1 fully saturated rings. The predicted octanol–water partition coefficient (Wildman–Crippen LogP) is 1.80. The molecule has 1 aliphatic rings. The van der Waals surface area contributed by atoms with Gasteiger partial charge in [-0.15, -0.1) is 0 Å². The van der Waals surface area contributed by atoms with Crippen LogP contribution >= 0.6 is 0 Å². The molecule has 98 valence electrons. The van der Waals surface area contributed by atoms with Gasteiger partial charge in [-0.25, -0.2) is 0 Å². The Morgan fingerprint density at radius 1 is 1.44 bits per heavy atom. The normalized spacial score (nSPS) is 26.9. The molecule has 18 heavy (non-hydrogen) atoms. The first-order chi connectivity index (χ1) is 8.55. The van der Waals surface area contributed by atoms with Gasteiger partial charge in [0.25, 0.3) is 0 Å². The molecule has 0 spiro atoms. The van der Waals surface area contributed by atoms with E-state index >= 15 is 0 Å². The van der Waals surface area contributed by atoms with Crippen LogP contribution < -0.4 is 10.5 Å². The fourth-order valence-corrected chi connectivity index (χ4v) is 2.39.